The molecular weight excluding hydrogens is 281 g/mol. The van der Waals surface area contributed by atoms with Crippen molar-refractivity contribution >= 4 is 22.7 Å². The lowest BCUT2D eigenvalue weighted by Gasteiger charge is -2.14. The normalized spacial score (nSPS) is 12.2. The molecule has 1 N–H and O–H groups in total. The second-order valence-electron chi connectivity index (χ2n) is 4.46. The van der Waals surface area contributed by atoms with Crippen molar-refractivity contribution in [1.29, 1.82) is 0 Å². The fourth-order valence-corrected chi connectivity index (χ4v) is 2.92. The van der Waals surface area contributed by atoms with E-state index in [1.807, 2.05) is 20.8 Å². The third-order valence-electron chi connectivity index (χ3n) is 2.88. The zero-order valence-corrected chi connectivity index (χ0v) is 12.1. The first kappa shape index (κ1) is 14.4. The summed E-state index contributed by atoms with van der Waals surface area (Å²) in [5.41, 5.74) is 0.876. The van der Waals surface area contributed by atoms with Crippen LogP contribution in [0.4, 0.5) is 15.8 Å². The van der Waals surface area contributed by atoms with E-state index in [9.17, 15) is 14.5 Å². The van der Waals surface area contributed by atoms with Gasteiger partial charge in [0.25, 0.3) is 0 Å². The van der Waals surface area contributed by atoms with E-state index in [0.717, 1.165) is 27.7 Å². The first-order valence-electron chi connectivity index (χ1n) is 6.03. The van der Waals surface area contributed by atoms with Crippen LogP contribution in [0.15, 0.2) is 18.2 Å². The van der Waals surface area contributed by atoms with Gasteiger partial charge in [-0.1, -0.05) is 0 Å². The van der Waals surface area contributed by atoms with Crippen LogP contribution in [0.25, 0.3) is 0 Å². The zero-order chi connectivity index (χ0) is 14.9. The number of nitro benzene ring substituents is 1. The average molecular weight is 295 g/mol. The van der Waals surface area contributed by atoms with E-state index in [1.54, 1.807) is 11.3 Å². The predicted molar refractivity (Wildman–Crippen MR) is 76.7 cm³/mol. The van der Waals surface area contributed by atoms with Gasteiger partial charge in [-0.2, -0.15) is 4.39 Å². The van der Waals surface area contributed by atoms with Crippen molar-refractivity contribution in [2.24, 2.45) is 0 Å². The molecule has 0 amide bonds. The summed E-state index contributed by atoms with van der Waals surface area (Å²) >= 11 is 1.60. The fraction of sp³-hybridized carbons (Fsp3) is 0.308. The van der Waals surface area contributed by atoms with Crippen LogP contribution in [0.2, 0.25) is 0 Å². The van der Waals surface area contributed by atoms with E-state index in [4.69, 9.17) is 0 Å². The summed E-state index contributed by atoms with van der Waals surface area (Å²) in [6.45, 7) is 5.83. The number of nitrogens with one attached hydrogen (secondary N) is 1. The van der Waals surface area contributed by atoms with E-state index in [-0.39, 0.29) is 6.04 Å². The molecule has 20 heavy (non-hydrogen) atoms. The Kier molecular flexibility index (Phi) is 3.99. The number of rotatable bonds is 4. The molecule has 2 rings (SSSR count). The second-order valence-corrected chi connectivity index (χ2v) is 5.87. The highest BCUT2D eigenvalue weighted by Crippen LogP contribution is 2.27. The molecule has 0 bridgehead atoms. The Hall–Kier alpha value is -2.02. The molecule has 5 nitrogen and oxygen atoms in total. The summed E-state index contributed by atoms with van der Waals surface area (Å²) in [4.78, 5) is 15.4. The molecule has 1 heterocycles. The van der Waals surface area contributed by atoms with E-state index >= 15 is 0 Å². The van der Waals surface area contributed by atoms with Crippen molar-refractivity contribution in [2.75, 3.05) is 5.32 Å². The molecule has 0 aliphatic rings. The van der Waals surface area contributed by atoms with Gasteiger partial charge in [0, 0.05) is 22.7 Å². The first-order valence-corrected chi connectivity index (χ1v) is 6.84. The molecule has 2 aromatic rings. The van der Waals surface area contributed by atoms with Crippen LogP contribution in [0.3, 0.4) is 0 Å². The van der Waals surface area contributed by atoms with Crippen molar-refractivity contribution < 1.29 is 9.31 Å². The molecule has 1 atom stereocenters. The van der Waals surface area contributed by atoms with Gasteiger partial charge in [0.15, 0.2) is 0 Å². The smallest absolute Gasteiger partial charge is 0.304 e. The van der Waals surface area contributed by atoms with Crippen LogP contribution in [-0.2, 0) is 0 Å². The Morgan fingerprint density at radius 3 is 2.65 bits per heavy atom. The van der Waals surface area contributed by atoms with E-state index < -0.39 is 16.4 Å². The number of aryl methyl sites for hydroxylation is 2. The van der Waals surface area contributed by atoms with Crippen molar-refractivity contribution in [3.8, 4) is 0 Å². The monoisotopic (exact) mass is 295 g/mol. The third kappa shape index (κ3) is 2.93. The lowest BCUT2D eigenvalue weighted by atomic mass is 10.2. The van der Waals surface area contributed by atoms with Gasteiger partial charge in [-0.25, -0.2) is 4.98 Å². The SMILES string of the molecule is Cc1nc(C(C)Nc2ccc([N+](=O)[O-])c(F)c2)c(C)s1. The lowest BCUT2D eigenvalue weighted by molar-refractivity contribution is -0.387. The molecule has 106 valence electrons. The molecule has 0 saturated heterocycles. The highest BCUT2D eigenvalue weighted by atomic mass is 32.1. The van der Waals surface area contributed by atoms with Gasteiger partial charge in [-0.05, 0) is 26.8 Å². The Bertz CT molecular complexity index is 657. The van der Waals surface area contributed by atoms with Crippen LogP contribution >= 0.6 is 11.3 Å². The molecule has 1 aromatic carbocycles. The van der Waals surface area contributed by atoms with Gasteiger partial charge in [-0.15, -0.1) is 11.3 Å². The minimum atomic E-state index is -0.849. The Morgan fingerprint density at radius 2 is 2.15 bits per heavy atom. The third-order valence-corrected chi connectivity index (χ3v) is 3.78. The first-order chi connectivity index (χ1) is 9.38. The maximum absolute atomic E-state index is 13.5. The molecule has 0 spiro atoms. The van der Waals surface area contributed by atoms with Crippen LogP contribution < -0.4 is 5.32 Å². The van der Waals surface area contributed by atoms with Crippen molar-refractivity contribution in [3.05, 3.63) is 49.7 Å². The van der Waals surface area contributed by atoms with Crippen molar-refractivity contribution in [3.63, 3.8) is 0 Å². The van der Waals surface area contributed by atoms with Crippen LogP contribution in [-0.4, -0.2) is 9.91 Å². The fourth-order valence-electron chi connectivity index (χ4n) is 2.01. The number of nitrogens with zero attached hydrogens (tertiary/aromatic N) is 2. The summed E-state index contributed by atoms with van der Waals surface area (Å²) in [6.07, 6.45) is 0. The summed E-state index contributed by atoms with van der Waals surface area (Å²) in [6, 6.07) is 3.68. The Balaban J connectivity index is 2.20. The Labute approximate surface area is 119 Å². The predicted octanol–water partition coefficient (Wildman–Crippen LogP) is 3.98. The number of halogens is 1. The van der Waals surface area contributed by atoms with Crippen molar-refractivity contribution in [2.45, 2.75) is 26.8 Å². The van der Waals surface area contributed by atoms with Gasteiger partial charge in [0.2, 0.25) is 5.82 Å². The summed E-state index contributed by atoms with van der Waals surface area (Å²) in [5, 5.41) is 14.6. The minimum absolute atomic E-state index is 0.0965. The maximum Gasteiger partial charge on any atom is 0.304 e. The minimum Gasteiger partial charge on any atom is -0.377 e. The van der Waals surface area contributed by atoms with E-state index in [1.165, 1.54) is 6.07 Å². The highest BCUT2D eigenvalue weighted by molar-refractivity contribution is 7.11. The zero-order valence-electron chi connectivity index (χ0n) is 11.3. The van der Waals surface area contributed by atoms with Gasteiger partial charge >= 0.3 is 5.69 Å². The molecule has 1 aromatic heterocycles. The summed E-state index contributed by atoms with van der Waals surface area (Å²) in [7, 11) is 0. The number of anilines is 1. The average Bonchev–Trinajstić information content (AvgIpc) is 2.68. The number of thiazole rings is 1. The molecule has 0 saturated carbocycles. The number of hydrogen-bond donors (Lipinski definition) is 1. The number of benzene rings is 1. The Morgan fingerprint density at radius 1 is 1.45 bits per heavy atom. The van der Waals surface area contributed by atoms with Gasteiger partial charge < -0.3 is 5.32 Å². The quantitative estimate of drug-likeness (QED) is 0.684. The number of nitro groups is 1. The maximum atomic E-state index is 13.5. The molecule has 7 heteroatoms. The van der Waals surface area contributed by atoms with Gasteiger partial charge in [0.05, 0.1) is 21.7 Å². The number of aromatic nitrogens is 1. The van der Waals surface area contributed by atoms with Gasteiger partial charge in [-0.3, -0.25) is 10.1 Å². The molecule has 0 radical (unpaired) electrons. The molecular formula is C13H14FN3O2S. The molecule has 0 aliphatic heterocycles. The van der Waals surface area contributed by atoms with Crippen LogP contribution in [0.5, 0.6) is 0 Å². The molecule has 0 fully saturated rings. The molecule has 0 aliphatic carbocycles. The topological polar surface area (TPSA) is 68.1 Å². The van der Waals surface area contributed by atoms with Gasteiger partial charge in [0.1, 0.15) is 0 Å². The number of hydrogen-bond acceptors (Lipinski definition) is 5. The second kappa shape index (κ2) is 5.54. The standard InChI is InChI=1S/C13H14FN3O2S/c1-7(13-8(2)20-9(3)16-13)15-10-4-5-12(17(18)19)11(14)6-10/h4-7,15H,1-3H3. The van der Waals surface area contributed by atoms with Crippen LogP contribution in [0, 0.1) is 29.8 Å². The van der Waals surface area contributed by atoms with Crippen LogP contribution in [0.1, 0.15) is 28.5 Å². The van der Waals surface area contributed by atoms with E-state index in [2.05, 4.69) is 10.3 Å². The summed E-state index contributed by atoms with van der Waals surface area (Å²) < 4.78 is 13.5. The lowest BCUT2D eigenvalue weighted by Crippen LogP contribution is -2.08. The largest absolute Gasteiger partial charge is 0.377 e. The summed E-state index contributed by atoms with van der Waals surface area (Å²) in [5.74, 6) is -0.849. The van der Waals surface area contributed by atoms with E-state index in [0.29, 0.717) is 5.69 Å². The molecule has 1 unspecified atom stereocenters. The highest BCUT2D eigenvalue weighted by Gasteiger charge is 2.16. The van der Waals surface area contributed by atoms with Crippen molar-refractivity contribution in [1.82, 2.24) is 4.98 Å².